The molecule has 0 saturated carbocycles. The Kier molecular flexibility index (Phi) is 5.80. The summed E-state index contributed by atoms with van der Waals surface area (Å²) in [7, 11) is 0. The van der Waals surface area contributed by atoms with E-state index in [0.29, 0.717) is 0 Å². The van der Waals surface area contributed by atoms with E-state index in [1.807, 2.05) is 6.20 Å². The van der Waals surface area contributed by atoms with Crippen molar-refractivity contribution >= 4 is 0 Å². The Morgan fingerprint density at radius 3 is 2.95 bits per heavy atom. The molecular weight excluding hydrogens is 234 g/mol. The quantitative estimate of drug-likeness (QED) is 0.765. The number of nitrogens with one attached hydrogen (secondary N) is 1. The van der Waals surface area contributed by atoms with Gasteiger partial charge < -0.3 is 5.32 Å². The van der Waals surface area contributed by atoms with E-state index in [0.717, 1.165) is 25.7 Å². The van der Waals surface area contributed by atoms with E-state index in [2.05, 4.69) is 41.2 Å². The number of pyridine rings is 1. The molecule has 1 unspecified atom stereocenters. The summed E-state index contributed by atoms with van der Waals surface area (Å²) in [5, 5.41) is 3.41. The van der Waals surface area contributed by atoms with Gasteiger partial charge in [0.15, 0.2) is 0 Å². The highest BCUT2D eigenvalue weighted by molar-refractivity contribution is 5.14. The normalized spacial score (nSPS) is 20.0. The second-order valence-electron chi connectivity index (χ2n) is 5.51. The molecular formula is C16H27N3. The average Bonchev–Trinajstić information content (AvgIpc) is 2.88. The molecule has 0 aromatic carbocycles. The van der Waals surface area contributed by atoms with Crippen LogP contribution in [0.1, 0.15) is 50.8 Å². The highest BCUT2D eigenvalue weighted by Gasteiger charge is 2.22. The molecule has 1 aromatic heterocycles. The fourth-order valence-electron chi connectivity index (χ4n) is 2.84. The van der Waals surface area contributed by atoms with Gasteiger partial charge >= 0.3 is 0 Å². The van der Waals surface area contributed by atoms with Gasteiger partial charge in [0.25, 0.3) is 0 Å². The van der Waals surface area contributed by atoms with Crippen LogP contribution in [0.25, 0.3) is 0 Å². The molecule has 3 nitrogen and oxygen atoms in total. The molecule has 1 atom stereocenters. The summed E-state index contributed by atoms with van der Waals surface area (Å²) < 4.78 is 0. The standard InChI is InChI=1S/C16H27N3/c1-3-9-17-11-14-7-8-15(18-12-14)13-19-10-5-6-16(19)4-2/h7-8,12,16-17H,3-6,9-11,13H2,1-2H3. The van der Waals surface area contributed by atoms with E-state index in [4.69, 9.17) is 0 Å². The summed E-state index contributed by atoms with van der Waals surface area (Å²) in [6.45, 7) is 8.74. The van der Waals surface area contributed by atoms with E-state index in [1.165, 1.54) is 43.5 Å². The van der Waals surface area contributed by atoms with Gasteiger partial charge in [0, 0.05) is 25.3 Å². The Morgan fingerprint density at radius 2 is 2.26 bits per heavy atom. The Morgan fingerprint density at radius 1 is 1.37 bits per heavy atom. The van der Waals surface area contributed by atoms with Gasteiger partial charge in [0.2, 0.25) is 0 Å². The van der Waals surface area contributed by atoms with Gasteiger partial charge in [-0.15, -0.1) is 0 Å². The van der Waals surface area contributed by atoms with E-state index in [9.17, 15) is 0 Å². The van der Waals surface area contributed by atoms with E-state index in [-0.39, 0.29) is 0 Å². The molecule has 106 valence electrons. The van der Waals surface area contributed by atoms with Gasteiger partial charge in [-0.3, -0.25) is 9.88 Å². The average molecular weight is 261 g/mol. The van der Waals surface area contributed by atoms with Crippen LogP contribution >= 0.6 is 0 Å². The summed E-state index contributed by atoms with van der Waals surface area (Å²) in [4.78, 5) is 7.19. The Hall–Kier alpha value is -0.930. The maximum Gasteiger partial charge on any atom is 0.0544 e. The van der Waals surface area contributed by atoms with Crippen molar-refractivity contribution in [3.05, 3.63) is 29.6 Å². The van der Waals surface area contributed by atoms with Crippen molar-refractivity contribution in [2.75, 3.05) is 13.1 Å². The first-order valence-electron chi connectivity index (χ1n) is 7.72. The third-order valence-corrected chi connectivity index (χ3v) is 3.98. The van der Waals surface area contributed by atoms with Crippen LogP contribution in [0.15, 0.2) is 18.3 Å². The van der Waals surface area contributed by atoms with Crippen molar-refractivity contribution in [3.8, 4) is 0 Å². The number of nitrogens with zero attached hydrogens (tertiary/aromatic N) is 2. The molecule has 1 aliphatic heterocycles. The molecule has 1 aliphatic rings. The van der Waals surface area contributed by atoms with Crippen molar-refractivity contribution in [1.82, 2.24) is 15.2 Å². The van der Waals surface area contributed by atoms with E-state index in [1.54, 1.807) is 0 Å². The van der Waals surface area contributed by atoms with Crippen molar-refractivity contribution in [2.24, 2.45) is 0 Å². The summed E-state index contributed by atoms with van der Waals surface area (Å²) in [5.41, 5.74) is 2.49. The molecule has 19 heavy (non-hydrogen) atoms. The maximum atomic E-state index is 4.61. The first kappa shape index (κ1) is 14.5. The Bertz CT molecular complexity index is 361. The molecule has 1 saturated heterocycles. The highest BCUT2D eigenvalue weighted by atomic mass is 15.2. The second-order valence-corrected chi connectivity index (χ2v) is 5.51. The largest absolute Gasteiger partial charge is 0.313 e. The molecule has 0 aliphatic carbocycles. The minimum Gasteiger partial charge on any atom is -0.313 e. The van der Waals surface area contributed by atoms with Crippen LogP contribution in [0.3, 0.4) is 0 Å². The van der Waals surface area contributed by atoms with Crippen molar-refractivity contribution in [3.63, 3.8) is 0 Å². The predicted molar refractivity (Wildman–Crippen MR) is 80.0 cm³/mol. The van der Waals surface area contributed by atoms with E-state index >= 15 is 0 Å². The molecule has 2 rings (SSSR count). The van der Waals surface area contributed by atoms with Crippen LogP contribution in [0.2, 0.25) is 0 Å². The molecule has 1 fully saturated rings. The van der Waals surface area contributed by atoms with Gasteiger partial charge in [0.05, 0.1) is 5.69 Å². The number of hydrogen-bond acceptors (Lipinski definition) is 3. The van der Waals surface area contributed by atoms with Crippen LogP contribution < -0.4 is 5.32 Å². The SMILES string of the molecule is CCCNCc1ccc(CN2CCCC2CC)nc1. The Balaban J connectivity index is 1.84. The smallest absolute Gasteiger partial charge is 0.0544 e. The zero-order chi connectivity index (χ0) is 13.5. The molecule has 0 amide bonds. The highest BCUT2D eigenvalue weighted by Crippen LogP contribution is 2.21. The van der Waals surface area contributed by atoms with Crippen LogP contribution in [-0.2, 0) is 13.1 Å². The van der Waals surface area contributed by atoms with Gasteiger partial charge in [-0.05, 0) is 50.4 Å². The topological polar surface area (TPSA) is 28.2 Å². The Labute approximate surface area is 117 Å². The van der Waals surface area contributed by atoms with Crippen LogP contribution in [0, 0.1) is 0 Å². The fourth-order valence-corrected chi connectivity index (χ4v) is 2.84. The number of likely N-dealkylation sites (tertiary alicyclic amines) is 1. The summed E-state index contributed by atoms with van der Waals surface area (Å²) in [5.74, 6) is 0. The maximum absolute atomic E-state index is 4.61. The molecule has 1 N–H and O–H groups in total. The first-order chi connectivity index (χ1) is 9.33. The second kappa shape index (κ2) is 7.61. The van der Waals surface area contributed by atoms with E-state index < -0.39 is 0 Å². The molecule has 0 bridgehead atoms. The summed E-state index contributed by atoms with van der Waals surface area (Å²) in [6.07, 6.45) is 7.17. The third kappa shape index (κ3) is 4.29. The summed E-state index contributed by atoms with van der Waals surface area (Å²) >= 11 is 0. The lowest BCUT2D eigenvalue weighted by Crippen LogP contribution is -2.28. The lowest BCUT2D eigenvalue weighted by Gasteiger charge is -2.22. The minimum atomic E-state index is 0.771. The number of rotatable bonds is 7. The van der Waals surface area contributed by atoms with Crippen LogP contribution in [-0.4, -0.2) is 29.0 Å². The molecule has 2 heterocycles. The van der Waals surface area contributed by atoms with Crippen LogP contribution in [0.5, 0.6) is 0 Å². The lowest BCUT2D eigenvalue weighted by atomic mass is 10.1. The fraction of sp³-hybridized carbons (Fsp3) is 0.688. The van der Waals surface area contributed by atoms with Gasteiger partial charge in [-0.1, -0.05) is 19.9 Å². The van der Waals surface area contributed by atoms with Crippen molar-refractivity contribution < 1.29 is 0 Å². The van der Waals surface area contributed by atoms with Crippen LogP contribution in [0.4, 0.5) is 0 Å². The first-order valence-corrected chi connectivity index (χ1v) is 7.72. The van der Waals surface area contributed by atoms with Gasteiger partial charge in [-0.25, -0.2) is 0 Å². The minimum absolute atomic E-state index is 0.771. The molecule has 1 aromatic rings. The van der Waals surface area contributed by atoms with Gasteiger partial charge in [0.1, 0.15) is 0 Å². The lowest BCUT2D eigenvalue weighted by molar-refractivity contribution is 0.237. The van der Waals surface area contributed by atoms with Gasteiger partial charge in [-0.2, -0.15) is 0 Å². The monoisotopic (exact) mass is 261 g/mol. The zero-order valence-electron chi connectivity index (χ0n) is 12.4. The van der Waals surface area contributed by atoms with Crippen molar-refractivity contribution in [2.45, 2.75) is 58.7 Å². The van der Waals surface area contributed by atoms with Crippen molar-refractivity contribution in [1.29, 1.82) is 0 Å². The molecule has 0 radical (unpaired) electrons. The predicted octanol–water partition coefficient (Wildman–Crippen LogP) is 2.96. The molecule has 0 spiro atoms. The number of aromatic nitrogens is 1. The number of hydrogen-bond donors (Lipinski definition) is 1. The zero-order valence-corrected chi connectivity index (χ0v) is 12.4. The third-order valence-electron chi connectivity index (χ3n) is 3.98. The molecule has 3 heteroatoms. The summed E-state index contributed by atoms with van der Waals surface area (Å²) in [6, 6.07) is 5.17.